The molecular formula is C23H18O4. The Balaban J connectivity index is 1.85. The molecule has 3 aromatic rings. The van der Waals surface area contributed by atoms with Crippen molar-refractivity contribution in [2.45, 2.75) is 6.10 Å². The molecule has 1 heterocycles. The Hall–Kier alpha value is -3.53. The minimum atomic E-state index is -0.506. The number of hydrogen-bond donors (Lipinski definition) is 1. The van der Waals surface area contributed by atoms with Gasteiger partial charge in [-0.1, -0.05) is 48.5 Å². The van der Waals surface area contributed by atoms with Crippen LogP contribution in [0.2, 0.25) is 0 Å². The molecule has 0 radical (unpaired) electrons. The van der Waals surface area contributed by atoms with E-state index in [0.29, 0.717) is 22.6 Å². The minimum absolute atomic E-state index is 0.0517. The standard InChI is InChI=1S/C23H18O4/c1-26-21-14-15(11-12-19(21)24)13-18-22(25)17-9-5-6-10-20(17)27-23(18)16-7-3-2-4-8-16/h2-14,23-24H,1H3/b18-13-/t23-/m1/s1. The van der Waals surface area contributed by atoms with Crippen molar-refractivity contribution in [3.63, 3.8) is 0 Å². The van der Waals surface area contributed by atoms with Crippen molar-refractivity contribution in [1.82, 2.24) is 0 Å². The number of ether oxygens (including phenoxy) is 2. The van der Waals surface area contributed by atoms with E-state index >= 15 is 0 Å². The van der Waals surface area contributed by atoms with E-state index in [2.05, 4.69) is 0 Å². The molecule has 4 heteroatoms. The molecule has 1 aliphatic heterocycles. The van der Waals surface area contributed by atoms with E-state index in [0.717, 1.165) is 11.1 Å². The van der Waals surface area contributed by atoms with Gasteiger partial charge in [0, 0.05) is 5.57 Å². The van der Waals surface area contributed by atoms with Crippen LogP contribution in [0.5, 0.6) is 17.2 Å². The molecule has 4 rings (SSSR count). The van der Waals surface area contributed by atoms with Crippen molar-refractivity contribution in [3.8, 4) is 17.2 Å². The number of phenols is 1. The molecule has 1 N–H and O–H groups in total. The van der Waals surface area contributed by atoms with Crippen molar-refractivity contribution in [2.24, 2.45) is 0 Å². The molecule has 0 saturated carbocycles. The van der Waals surface area contributed by atoms with E-state index in [1.54, 1.807) is 30.3 Å². The number of para-hydroxylation sites is 1. The fraction of sp³-hybridized carbons (Fsp3) is 0.0870. The lowest BCUT2D eigenvalue weighted by Crippen LogP contribution is -2.23. The van der Waals surface area contributed by atoms with Crippen LogP contribution in [-0.2, 0) is 0 Å². The summed E-state index contributed by atoms with van der Waals surface area (Å²) in [6.45, 7) is 0. The zero-order valence-electron chi connectivity index (χ0n) is 14.8. The van der Waals surface area contributed by atoms with Crippen LogP contribution in [-0.4, -0.2) is 18.0 Å². The number of hydrogen-bond acceptors (Lipinski definition) is 4. The highest BCUT2D eigenvalue weighted by atomic mass is 16.5. The summed E-state index contributed by atoms with van der Waals surface area (Å²) in [6, 6.07) is 21.9. The number of carbonyl (C=O) groups excluding carboxylic acids is 1. The normalized spacial score (nSPS) is 17.3. The summed E-state index contributed by atoms with van der Waals surface area (Å²) in [4.78, 5) is 13.2. The summed E-state index contributed by atoms with van der Waals surface area (Å²) < 4.78 is 11.4. The Morgan fingerprint density at radius 1 is 1.00 bits per heavy atom. The Morgan fingerprint density at radius 2 is 1.74 bits per heavy atom. The first-order valence-electron chi connectivity index (χ1n) is 8.61. The highest BCUT2D eigenvalue weighted by Gasteiger charge is 2.32. The molecular weight excluding hydrogens is 340 g/mol. The van der Waals surface area contributed by atoms with E-state index in [1.807, 2.05) is 48.5 Å². The summed E-state index contributed by atoms with van der Waals surface area (Å²) in [6.07, 6.45) is 1.28. The molecule has 0 amide bonds. The van der Waals surface area contributed by atoms with E-state index in [9.17, 15) is 9.90 Å². The maximum atomic E-state index is 13.2. The lowest BCUT2D eigenvalue weighted by molar-refractivity contribution is 0.0963. The third-order valence-electron chi connectivity index (χ3n) is 4.55. The van der Waals surface area contributed by atoms with E-state index in [1.165, 1.54) is 7.11 Å². The smallest absolute Gasteiger partial charge is 0.196 e. The number of Topliss-reactive ketones (excluding diaryl/α,β-unsaturated/α-hetero) is 1. The predicted molar refractivity (Wildman–Crippen MR) is 103 cm³/mol. The summed E-state index contributed by atoms with van der Waals surface area (Å²) in [5, 5.41) is 9.82. The molecule has 3 aromatic carbocycles. The number of aromatic hydroxyl groups is 1. The molecule has 0 aliphatic carbocycles. The van der Waals surface area contributed by atoms with Crippen molar-refractivity contribution in [2.75, 3.05) is 7.11 Å². The fourth-order valence-electron chi connectivity index (χ4n) is 3.20. The van der Waals surface area contributed by atoms with Gasteiger partial charge in [0.05, 0.1) is 12.7 Å². The molecule has 134 valence electrons. The van der Waals surface area contributed by atoms with Gasteiger partial charge in [-0.2, -0.15) is 0 Å². The van der Waals surface area contributed by atoms with Crippen LogP contribution in [0, 0.1) is 0 Å². The van der Waals surface area contributed by atoms with Crippen molar-refractivity contribution in [1.29, 1.82) is 0 Å². The third-order valence-corrected chi connectivity index (χ3v) is 4.55. The van der Waals surface area contributed by atoms with E-state index in [-0.39, 0.29) is 11.5 Å². The first kappa shape index (κ1) is 16.9. The summed E-state index contributed by atoms with van der Waals surface area (Å²) in [5.41, 5.74) is 2.73. The lowest BCUT2D eigenvalue weighted by Gasteiger charge is -2.28. The van der Waals surface area contributed by atoms with Crippen molar-refractivity contribution in [3.05, 3.63) is 95.1 Å². The van der Waals surface area contributed by atoms with Gasteiger partial charge in [0.25, 0.3) is 0 Å². The predicted octanol–water partition coefficient (Wildman–Crippen LogP) is 4.80. The Bertz CT molecular complexity index is 1020. The fourth-order valence-corrected chi connectivity index (χ4v) is 3.20. The second kappa shape index (κ2) is 7.00. The van der Waals surface area contributed by atoms with Crippen LogP contribution in [0.15, 0.2) is 78.4 Å². The Kier molecular flexibility index (Phi) is 4.38. The number of fused-ring (bicyclic) bond motifs is 1. The molecule has 0 bridgehead atoms. The Morgan fingerprint density at radius 3 is 2.52 bits per heavy atom. The first-order valence-corrected chi connectivity index (χ1v) is 8.61. The quantitative estimate of drug-likeness (QED) is 0.683. The van der Waals surface area contributed by atoms with Crippen LogP contribution >= 0.6 is 0 Å². The number of phenolic OH excluding ortho intramolecular Hbond substituents is 1. The zero-order valence-corrected chi connectivity index (χ0v) is 14.8. The maximum absolute atomic E-state index is 13.2. The molecule has 0 spiro atoms. The van der Waals surface area contributed by atoms with Crippen LogP contribution in [0.25, 0.3) is 6.08 Å². The number of methoxy groups -OCH3 is 1. The zero-order chi connectivity index (χ0) is 18.8. The topological polar surface area (TPSA) is 55.8 Å². The molecule has 0 unspecified atom stereocenters. The number of ketones is 1. The van der Waals surface area contributed by atoms with Gasteiger partial charge in [-0.25, -0.2) is 0 Å². The minimum Gasteiger partial charge on any atom is -0.504 e. The first-order chi connectivity index (χ1) is 13.2. The molecule has 27 heavy (non-hydrogen) atoms. The number of rotatable bonds is 3. The van der Waals surface area contributed by atoms with Gasteiger partial charge in [-0.05, 0) is 41.5 Å². The molecule has 1 aliphatic rings. The summed E-state index contributed by atoms with van der Waals surface area (Å²) >= 11 is 0. The number of carbonyl (C=O) groups is 1. The van der Waals surface area contributed by atoms with E-state index < -0.39 is 6.10 Å². The lowest BCUT2D eigenvalue weighted by atomic mass is 9.89. The highest BCUT2D eigenvalue weighted by Crippen LogP contribution is 2.39. The summed E-state index contributed by atoms with van der Waals surface area (Å²) in [5.74, 6) is 0.913. The van der Waals surface area contributed by atoms with E-state index in [4.69, 9.17) is 9.47 Å². The molecule has 1 atom stereocenters. The van der Waals surface area contributed by atoms with Crippen molar-refractivity contribution >= 4 is 11.9 Å². The highest BCUT2D eigenvalue weighted by molar-refractivity contribution is 6.14. The number of benzene rings is 3. The van der Waals surface area contributed by atoms with Gasteiger partial charge in [0.15, 0.2) is 23.4 Å². The van der Waals surface area contributed by atoms with Gasteiger partial charge in [-0.15, -0.1) is 0 Å². The Labute approximate surface area is 157 Å². The van der Waals surface area contributed by atoms with Crippen molar-refractivity contribution < 1.29 is 19.4 Å². The largest absolute Gasteiger partial charge is 0.504 e. The second-order valence-electron chi connectivity index (χ2n) is 6.26. The van der Waals surface area contributed by atoms with Crippen LogP contribution in [0.3, 0.4) is 0 Å². The molecule has 0 saturated heterocycles. The second-order valence-corrected chi connectivity index (χ2v) is 6.26. The molecule has 0 aromatic heterocycles. The van der Waals surface area contributed by atoms with Gasteiger partial charge in [-0.3, -0.25) is 4.79 Å². The average molecular weight is 358 g/mol. The van der Waals surface area contributed by atoms with Crippen LogP contribution < -0.4 is 9.47 Å². The van der Waals surface area contributed by atoms with Gasteiger partial charge < -0.3 is 14.6 Å². The summed E-state index contributed by atoms with van der Waals surface area (Å²) in [7, 11) is 1.49. The maximum Gasteiger partial charge on any atom is 0.196 e. The average Bonchev–Trinajstić information content (AvgIpc) is 2.72. The van der Waals surface area contributed by atoms with Crippen LogP contribution in [0.1, 0.15) is 27.6 Å². The SMILES string of the molecule is COc1cc(/C=C2/C(=O)c3ccccc3O[C@@H]2c2ccccc2)ccc1O. The van der Waals surface area contributed by atoms with Gasteiger partial charge in [0.2, 0.25) is 0 Å². The molecule has 4 nitrogen and oxygen atoms in total. The molecule has 0 fully saturated rings. The van der Waals surface area contributed by atoms with Crippen LogP contribution in [0.4, 0.5) is 0 Å². The monoisotopic (exact) mass is 358 g/mol. The van der Waals surface area contributed by atoms with Gasteiger partial charge in [0.1, 0.15) is 5.75 Å². The van der Waals surface area contributed by atoms with Gasteiger partial charge >= 0.3 is 0 Å². The third kappa shape index (κ3) is 3.17.